The number of hydrogen-bond acceptors (Lipinski definition) is 3. The molecule has 0 atom stereocenters. The lowest BCUT2D eigenvalue weighted by molar-refractivity contribution is -0.134. The SMILES string of the molecule is CNCCC1CCN(C(=O)CCN(Cc2ccccc2)C(C)=O)CC1.Cl. The number of piperidine rings is 1. The summed E-state index contributed by atoms with van der Waals surface area (Å²) in [4.78, 5) is 28.1. The molecule has 0 aromatic heterocycles. The molecule has 0 unspecified atom stereocenters. The third-order valence-electron chi connectivity index (χ3n) is 5.03. The second-order valence-corrected chi connectivity index (χ2v) is 6.89. The number of nitrogens with one attached hydrogen (secondary N) is 1. The number of nitrogens with zero attached hydrogens (tertiary/aromatic N) is 2. The highest BCUT2D eigenvalue weighted by Crippen LogP contribution is 2.20. The van der Waals surface area contributed by atoms with E-state index in [1.165, 1.54) is 6.42 Å². The van der Waals surface area contributed by atoms with E-state index in [1.54, 1.807) is 11.8 Å². The Morgan fingerprint density at radius 3 is 2.42 bits per heavy atom. The van der Waals surface area contributed by atoms with E-state index < -0.39 is 0 Å². The lowest BCUT2D eigenvalue weighted by Crippen LogP contribution is -2.41. The van der Waals surface area contributed by atoms with E-state index in [-0.39, 0.29) is 24.2 Å². The van der Waals surface area contributed by atoms with E-state index >= 15 is 0 Å². The van der Waals surface area contributed by atoms with Crippen molar-refractivity contribution in [2.75, 3.05) is 33.2 Å². The van der Waals surface area contributed by atoms with Gasteiger partial charge in [-0.2, -0.15) is 0 Å². The molecule has 26 heavy (non-hydrogen) atoms. The van der Waals surface area contributed by atoms with Crippen LogP contribution in [0.25, 0.3) is 0 Å². The quantitative estimate of drug-likeness (QED) is 0.753. The normalized spacial score (nSPS) is 14.6. The Kier molecular flexibility index (Phi) is 10.3. The summed E-state index contributed by atoms with van der Waals surface area (Å²) in [5.41, 5.74) is 1.09. The Labute approximate surface area is 163 Å². The van der Waals surface area contributed by atoms with E-state index in [2.05, 4.69) is 5.32 Å². The highest BCUT2D eigenvalue weighted by molar-refractivity contribution is 5.85. The Bertz CT molecular complexity index is 545. The number of benzene rings is 1. The predicted molar refractivity (Wildman–Crippen MR) is 107 cm³/mol. The zero-order valence-corrected chi connectivity index (χ0v) is 16.8. The van der Waals surface area contributed by atoms with E-state index in [0.717, 1.165) is 44.0 Å². The van der Waals surface area contributed by atoms with Crippen molar-refractivity contribution in [2.45, 2.75) is 39.2 Å². The molecule has 0 radical (unpaired) electrons. The fourth-order valence-corrected chi connectivity index (χ4v) is 3.36. The first kappa shape index (κ1) is 22.5. The van der Waals surface area contributed by atoms with Crippen LogP contribution in [0.3, 0.4) is 0 Å². The third-order valence-corrected chi connectivity index (χ3v) is 5.03. The maximum absolute atomic E-state index is 12.5. The summed E-state index contributed by atoms with van der Waals surface area (Å²) in [5, 5.41) is 3.19. The van der Waals surface area contributed by atoms with Crippen LogP contribution in [0.5, 0.6) is 0 Å². The summed E-state index contributed by atoms with van der Waals surface area (Å²) >= 11 is 0. The number of rotatable bonds is 8. The van der Waals surface area contributed by atoms with Crippen molar-refractivity contribution in [1.29, 1.82) is 0 Å². The molecular weight excluding hydrogens is 350 g/mol. The highest BCUT2D eigenvalue weighted by Gasteiger charge is 2.23. The molecule has 0 bridgehead atoms. The molecule has 146 valence electrons. The van der Waals surface area contributed by atoms with Gasteiger partial charge in [0.05, 0.1) is 0 Å². The molecule has 6 heteroatoms. The fraction of sp³-hybridized carbons (Fsp3) is 0.600. The molecule has 0 spiro atoms. The van der Waals surface area contributed by atoms with Gasteiger partial charge in [0.2, 0.25) is 11.8 Å². The smallest absolute Gasteiger partial charge is 0.224 e. The number of amides is 2. The summed E-state index contributed by atoms with van der Waals surface area (Å²) in [6.07, 6.45) is 3.78. The van der Waals surface area contributed by atoms with Gasteiger partial charge in [-0.1, -0.05) is 30.3 Å². The van der Waals surface area contributed by atoms with Crippen LogP contribution in [0.15, 0.2) is 30.3 Å². The van der Waals surface area contributed by atoms with Crippen LogP contribution in [0.4, 0.5) is 0 Å². The van der Waals surface area contributed by atoms with Crippen LogP contribution in [0.2, 0.25) is 0 Å². The maximum atomic E-state index is 12.5. The molecule has 1 aromatic rings. The van der Waals surface area contributed by atoms with Crippen molar-refractivity contribution < 1.29 is 9.59 Å². The zero-order chi connectivity index (χ0) is 18.1. The highest BCUT2D eigenvalue weighted by atomic mass is 35.5. The summed E-state index contributed by atoms with van der Waals surface area (Å²) in [7, 11) is 1.98. The Morgan fingerprint density at radius 2 is 1.85 bits per heavy atom. The van der Waals surface area contributed by atoms with Gasteiger partial charge in [-0.3, -0.25) is 9.59 Å². The van der Waals surface area contributed by atoms with Crippen LogP contribution in [0, 0.1) is 5.92 Å². The van der Waals surface area contributed by atoms with Crippen molar-refractivity contribution >= 4 is 24.2 Å². The van der Waals surface area contributed by atoms with Crippen molar-refractivity contribution in [3.8, 4) is 0 Å². The Balaban J connectivity index is 0.00000338. The molecule has 5 nitrogen and oxygen atoms in total. The van der Waals surface area contributed by atoms with Gasteiger partial charge in [-0.15, -0.1) is 12.4 Å². The van der Waals surface area contributed by atoms with Crippen molar-refractivity contribution in [2.24, 2.45) is 5.92 Å². The molecule has 1 aromatic carbocycles. The minimum Gasteiger partial charge on any atom is -0.343 e. The van der Waals surface area contributed by atoms with Crippen molar-refractivity contribution in [1.82, 2.24) is 15.1 Å². The minimum atomic E-state index is 0. The lowest BCUT2D eigenvalue weighted by atomic mass is 9.93. The van der Waals surface area contributed by atoms with Crippen LogP contribution in [-0.4, -0.2) is 54.8 Å². The number of halogens is 1. The van der Waals surface area contributed by atoms with E-state index in [4.69, 9.17) is 0 Å². The minimum absolute atomic E-state index is 0. The number of hydrogen-bond donors (Lipinski definition) is 1. The topological polar surface area (TPSA) is 52.7 Å². The Morgan fingerprint density at radius 1 is 1.19 bits per heavy atom. The van der Waals surface area contributed by atoms with Crippen LogP contribution >= 0.6 is 12.4 Å². The first-order valence-corrected chi connectivity index (χ1v) is 9.32. The molecule has 0 saturated carbocycles. The predicted octanol–water partition coefficient (Wildman–Crippen LogP) is 2.70. The summed E-state index contributed by atoms with van der Waals surface area (Å²) in [6, 6.07) is 9.92. The largest absolute Gasteiger partial charge is 0.343 e. The zero-order valence-electron chi connectivity index (χ0n) is 15.9. The molecule has 1 heterocycles. The van der Waals surface area contributed by atoms with Gasteiger partial charge >= 0.3 is 0 Å². The van der Waals surface area contributed by atoms with Gasteiger partial charge in [0.15, 0.2) is 0 Å². The van der Waals surface area contributed by atoms with Gasteiger partial charge in [0.25, 0.3) is 0 Å². The van der Waals surface area contributed by atoms with Crippen LogP contribution in [-0.2, 0) is 16.1 Å². The first-order chi connectivity index (χ1) is 12.1. The monoisotopic (exact) mass is 381 g/mol. The van der Waals surface area contributed by atoms with Gasteiger partial charge in [0, 0.05) is 39.5 Å². The molecule has 2 amide bonds. The molecule has 2 rings (SSSR count). The van der Waals surface area contributed by atoms with Crippen molar-refractivity contribution in [3.05, 3.63) is 35.9 Å². The molecule has 0 aliphatic carbocycles. The maximum Gasteiger partial charge on any atom is 0.224 e. The first-order valence-electron chi connectivity index (χ1n) is 9.32. The molecule has 1 fully saturated rings. The van der Waals surface area contributed by atoms with E-state index in [9.17, 15) is 9.59 Å². The van der Waals surface area contributed by atoms with Crippen LogP contribution in [0.1, 0.15) is 38.2 Å². The fourth-order valence-electron chi connectivity index (χ4n) is 3.36. The van der Waals surface area contributed by atoms with E-state index in [1.807, 2.05) is 42.3 Å². The third kappa shape index (κ3) is 7.34. The van der Waals surface area contributed by atoms with Gasteiger partial charge in [0.1, 0.15) is 0 Å². The second-order valence-electron chi connectivity index (χ2n) is 6.89. The number of carbonyl (C=O) groups is 2. The average molecular weight is 382 g/mol. The van der Waals surface area contributed by atoms with E-state index in [0.29, 0.717) is 19.5 Å². The van der Waals surface area contributed by atoms with Crippen molar-refractivity contribution in [3.63, 3.8) is 0 Å². The Hall–Kier alpha value is -1.59. The molecule has 1 aliphatic heterocycles. The standard InChI is InChI=1S/C20H31N3O2.ClH/c1-17(24)23(16-19-6-4-3-5-7-19)15-11-20(25)22-13-9-18(10-14-22)8-12-21-2;/h3-7,18,21H,8-16H2,1-2H3;1H. The van der Waals surface area contributed by atoms with Gasteiger partial charge in [-0.05, 0) is 44.3 Å². The lowest BCUT2D eigenvalue weighted by Gasteiger charge is -2.32. The van der Waals surface area contributed by atoms with Crippen LogP contribution < -0.4 is 5.32 Å². The summed E-state index contributed by atoms with van der Waals surface area (Å²) in [6.45, 7) is 5.38. The molecule has 1 N–H and O–H groups in total. The molecule has 1 aliphatic rings. The van der Waals surface area contributed by atoms with Gasteiger partial charge in [-0.25, -0.2) is 0 Å². The summed E-state index contributed by atoms with van der Waals surface area (Å²) in [5.74, 6) is 0.914. The number of likely N-dealkylation sites (tertiary alicyclic amines) is 1. The molecular formula is C20H32ClN3O2. The second kappa shape index (κ2) is 11.9. The van der Waals surface area contributed by atoms with Gasteiger partial charge < -0.3 is 15.1 Å². The summed E-state index contributed by atoms with van der Waals surface area (Å²) < 4.78 is 0. The molecule has 1 saturated heterocycles. The number of carbonyl (C=O) groups excluding carboxylic acids is 2. The average Bonchev–Trinajstić information content (AvgIpc) is 2.64.